The molecule has 0 amide bonds. The van der Waals surface area contributed by atoms with Gasteiger partial charge >= 0.3 is 5.97 Å². The van der Waals surface area contributed by atoms with Crippen molar-refractivity contribution in [2.45, 2.75) is 32.6 Å². The van der Waals surface area contributed by atoms with E-state index in [9.17, 15) is 9.18 Å². The Morgan fingerprint density at radius 3 is 2.63 bits per heavy atom. The van der Waals surface area contributed by atoms with Gasteiger partial charge in [0, 0.05) is 17.9 Å². The van der Waals surface area contributed by atoms with Gasteiger partial charge in [0.15, 0.2) is 0 Å². The number of aliphatic hydroxyl groups is 1. The molecule has 0 spiro atoms. The van der Waals surface area contributed by atoms with Crippen LogP contribution in [-0.2, 0) is 4.74 Å². The number of ether oxygens (including phenoxy) is 1. The smallest absolute Gasteiger partial charge is 0.338 e. The largest absolute Gasteiger partial charge is 0.462 e. The zero-order valence-electron chi connectivity index (χ0n) is 11.1. The molecular weight excluding hydrogens is 249 g/mol. The molecule has 0 aliphatic carbocycles. The van der Waals surface area contributed by atoms with E-state index in [-0.39, 0.29) is 17.9 Å². The van der Waals surface area contributed by atoms with Gasteiger partial charge in [-0.15, -0.1) is 0 Å². The topological polar surface area (TPSA) is 72.6 Å². The number of anilines is 1. The fraction of sp³-hybridized carbons (Fsp3) is 0.500. The van der Waals surface area contributed by atoms with Crippen LogP contribution in [0, 0.1) is 12.7 Å². The molecule has 0 heterocycles. The molecule has 5 heteroatoms. The summed E-state index contributed by atoms with van der Waals surface area (Å²) in [5, 5.41) is 8.60. The first-order chi connectivity index (χ1) is 9.06. The molecule has 1 rings (SSSR count). The molecule has 1 aromatic carbocycles. The van der Waals surface area contributed by atoms with Gasteiger partial charge in [0.2, 0.25) is 0 Å². The minimum atomic E-state index is -0.562. The summed E-state index contributed by atoms with van der Waals surface area (Å²) < 4.78 is 18.5. The van der Waals surface area contributed by atoms with Gasteiger partial charge in [-0.25, -0.2) is 9.18 Å². The van der Waals surface area contributed by atoms with Crippen LogP contribution in [0.1, 0.15) is 41.6 Å². The van der Waals surface area contributed by atoms with E-state index < -0.39 is 11.8 Å². The van der Waals surface area contributed by atoms with Crippen molar-refractivity contribution in [3.63, 3.8) is 0 Å². The molecule has 0 aliphatic heterocycles. The lowest BCUT2D eigenvalue weighted by molar-refractivity contribution is 0.0496. The first-order valence-electron chi connectivity index (χ1n) is 6.40. The predicted octanol–water partition coefficient (Wildman–Crippen LogP) is 2.43. The van der Waals surface area contributed by atoms with Crippen LogP contribution in [0.3, 0.4) is 0 Å². The summed E-state index contributed by atoms with van der Waals surface area (Å²) in [5.74, 6) is -1.07. The van der Waals surface area contributed by atoms with E-state index in [0.717, 1.165) is 31.7 Å². The first kappa shape index (κ1) is 15.4. The van der Waals surface area contributed by atoms with Gasteiger partial charge in [-0.1, -0.05) is 6.42 Å². The van der Waals surface area contributed by atoms with E-state index in [2.05, 4.69) is 0 Å². The van der Waals surface area contributed by atoms with E-state index in [4.69, 9.17) is 15.6 Å². The maximum Gasteiger partial charge on any atom is 0.338 e. The van der Waals surface area contributed by atoms with E-state index in [1.807, 2.05) is 0 Å². The monoisotopic (exact) mass is 269 g/mol. The quantitative estimate of drug-likeness (QED) is 0.453. The number of hydrogen-bond acceptors (Lipinski definition) is 4. The molecule has 106 valence electrons. The Bertz CT molecular complexity index is 412. The highest BCUT2D eigenvalue weighted by atomic mass is 19.1. The van der Waals surface area contributed by atoms with Gasteiger partial charge in [0.25, 0.3) is 0 Å². The lowest BCUT2D eigenvalue weighted by Crippen LogP contribution is -2.08. The third-order valence-electron chi connectivity index (χ3n) is 2.91. The van der Waals surface area contributed by atoms with Gasteiger partial charge in [-0.2, -0.15) is 0 Å². The molecule has 0 radical (unpaired) electrons. The molecule has 19 heavy (non-hydrogen) atoms. The number of rotatable bonds is 7. The zero-order valence-corrected chi connectivity index (χ0v) is 11.1. The van der Waals surface area contributed by atoms with Crippen molar-refractivity contribution >= 4 is 11.7 Å². The number of carbonyl (C=O) groups is 1. The number of carbonyl (C=O) groups excluding carboxylic acids is 1. The van der Waals surface area contributed by atoms with Crippen molar-refractivity contribution in [3.05, 3.63) is 29.1 Å². The second kappa shape index (κ2) is 7.74. The molecule has 0 unspecified atom stereocenters. The Morgan fingerprint density at radius 1 is 1.32 bits per heavy atom. The van der Waals surface area contributed by atoms with Crippen molar-refractivity contribution < 1.29 is 19.0 Å². The maximum atomic E-state index is 13.4. The number of benzene rings is 1. The number of esters is 1. The first-order valence-corrected chi connectivity index (χ1v) is 6.40. The molecule has 0 atom stereocenters. The summed E-state index contributed by atoms with van der Waals surface area (Å²) in [5.41, 5.74) is 6.31. The van der Waals surface area contributed by atoms with Crippen LogP contribution >= 0.6 is 0 Å². The van der Waals surface area contributed by atoms with Crippen molar-refractivity contribution in [1.29, 1.82) is 0 Å². The molecule has 0 bridgehead atoms. The fourth-order valence-corrected chi connectivity index (χ4v) is 1.63. The van der Waals surface area contributed by atoms with Crippen LogP contribution in [0.2, 0.25) is 0 Å². The van der Waals surface area contributed by atoms with Crippen LogP contribution in [0.5, 0.6) is 0 Å². The van der Waals surface area contributed by atoms with E-state index >= 15 is 0 Å². The molecule has 0 aliphatic rings. The van der Waals surface area contributed by atoms with Crippen LogP contribution < -0.4 is 5.73 Å². The Balaban J connectivity index is 2.42. The summed E-state index contributed by atoms with van der Waals surface area (Å²) in [6.45, 7) is 2.03. The molecule has 1 aromatic rings. The van der Waals surface area contributed by atoms with Crippen LogP contribution in [0.4, 0.5) is 10.1 Å². The third-order valence-corrected chi connectivity index (χ3v) is 2.91. The summed E-state index contributed by atoms with van der Waals surface area (Å²) in [4.78, 5) is 11.7. The number of unbranched alkanes of at least 4 members (excludes halogenated alkanes) is 3. The van der Waals surface area contributed by atoms with Crippen LogP contribution in [-0.4, -0.2) is 24.3 Å². The highest BCUT2D eigenvalue weighted by molar-refractivity contribution is 5.90. The number of nitrogen functional groups attached to an aromatic ring is 1. The Morgan fingerprint density at radius 2 is 2.00 bits per heavy atom. The van der Waals surface area contributed by atoms with E-state index in [1.165, 1.54) is 6.07 Å². The summed E-state index contributed by atoms with van der Waals surface area (Å²) in [7, 11) is 0. The molecule has 0 aromatic heterocycles. The van der Waals surface area contributed by atoms with Crippen molar-refractivity contribution in [1.82, 2.24) is 0 Å². The van der Waals surface area contributed by atoms with Crippen molar-refractivity contribution in [3.8, 4) is 0 Å². The predicted molar refractivity (Wildman–Crippen MR) is 71.4 cm³/mol. The minimum Gasteiger partial charge on any atom is -0.462 e. The summed E-state index contributed by atoms with van der Waals surface area (Å²) >= 11 is 0. The highest BCUT2D eigenvalue weighted by Gasteiger charge is 2.12. The van der Waals surface area contributed by atoms with E-state index in [1.54, 1.807) is 6.92 Å². The molecule has 3 N–H and O–H groups in total. The van der Waals surface area contributed by atoms with Crippen molar-refractivity contribution in [2.75, 3.05) is 18.9 Å². The summed E-state index contributed by atoms with van der Waals surface area (Å²) in [6, 6.07) is 2.56. The molecule has 0 saturated carbocycles. The fourth-order valence-electron chi connectivity index (χ4n) is 1.63. The third kappa shape index (κ3) is 4.87. The van der Waals surface area contributed by atoms with Gasteiger partial charge in [0.1, 0.15) is 5.82 Å². The normalized spacial score (nSPS) is 10.5. The lowest BCUT2D eigenvalue weighted by Gasteiger charge is -2.07. The number of nitrogens with two attached hydrogens (primary N) is 1. The number of hydrogen-bond donors (Lipinski definition) is 2. The highest BCUT2D eigenvalue weighted by Crippen LogP contribution is 2.18. The van der Waals surface area contributed by atoms with Crippen molar-refractivity contribution in [2.24, 2.45) is 0 Å². The lowest BCUT2D eigenvalue weighted by atomic mass is 10.1. The standard InChI is InChI=1S/C14H20FNO3/c1-10-12(15)8-11(9-13(10)16)14(18)19-7-5-3-2-4-6-17/h8-9,17H,2-7,16H2,1H3. The van der Waals surface area contributed by atoms with Gasteiger partial charge < -0.3 is 15.6 Å². The molecule has 0 fully saturated rings. The van der Waals surface area contributed by atoms with E-state index in [0.29, 0.717) is 12.2 Å². The SMILES string of the molecule is Cc1c(N)cc(C(=O)OCCCCCCO)cc1F. The molecule has 0 saturated heterocycles. The van der Waals surface area contributed by atoms with Gasteiger partial charge in [-0.3, -0.25) is 0 Å². The second-order valence-corrected chi connectivity index (χ2v) is 4.45. The average molecular weight is 269 g/mol. The average Bonchev–Trinajstić information content (AvgIpc) is 2.39. The molecular formula is C14H20FNO3. The Kier molecular flexibility index (Phi) is 6.29. The van der Waals surface area contributed by atoms with Crippen LogP contribution in [0.15, 0.2) is 12.1 Å². The van der Waals surface area contributed by atoms with Gasteiger partial charge in [0.05, 0.1) is 12.2 Å². The molecule has 4 nitrogen and oxygen atoms in total. The maximum absolute atomic E-state index is 13.4. The summed E-state index contributed by atoms with van der Waals surface area (Å²) in [6.07, 6.45) is 3.28. The van der Waals surface area contributed by atoms with Crippen LogP contribution in [0.25, 0.3) is 0 Å². The minimum absolute atomic E-state index is 0.135. The van der Waals surface area contributed by atoms with Gasteiger partial charge in [-0.05, 0) is 38.3 Å². The second-order valence-electron chi connectivity index (χ2n) is 4.45. The number of aliphatic hydroxyl groups excluding tert-OH is 1. The Hall–Kier alpha value is -1.62. The number of halogens is 1. The zero-order chi connectivity index (χ0) is 14.3. The Labute approximate surface area is 112 Å².